The van der Waals surface area contributed by atoms with Gasteiger partial charge >= 0.3 is 6.18 Å². The van der Waals surface area contributed by atoms with Crippen LogP contribution in [0.25, 0.3) is 11.3 Å². The highest BCUT2D eigenvalue weighted by molar-refractivity contribution is 5.83. The summed E-state index contributed by atoms with van der Waals surface area (Å²) in [6, 6.07) is 3.69. The normalized spacial score (nSPS) is 12.9. The van der Waals surface area contributed by atoms with Crippen molar-refractivity contribution in [1.29, 1.82) is 0 Å². The minimum absolute atomic E-state index is 0.125. The fourth-order valence-electron chi connectivity index (χ4n) is 2.65. The molecule has 2 aromatic heterocycles. The Morgan fingerprint density at radius 3 is 2.31 bits per heavy atom. The molecule has 5 nitrogen and oxygen atoms in total. The third kappa shape index (κ3) is 4.09. The molecule has 0 saturated heterocycles. The van der Waals surface area contributed by atoms with Crippen LogP contribution in [-0.2, 0) is 11.0 Å². The van der Waals surface area contributed by atoms with E-state index in [4.69, 9.17) is 5.73 Å². The third-order valence-corrected chi connectivity index (χ3v) is 3.85. The molecule has 0 aliphatic rings. The van der Waals surface area contributed by atoms with Gasteiger partial charge in [0.2, 0.25) is 5.91 Å². The lowest BCUT2D eigenvalue weighted by Crippen LogP contribution is -2.47. The van der Waals surface area contributed by atoms with Crippen molar-refractivity contribution >= 4 is 11.7 Å². The van der Waals surface area contributed by atoms with E-state index in [0.717, 1.165) is 18.3 Å². The number of rotatable bonds is 5. The van der Waals surface area contributed by atoms with E-state index in [9.17, 15) is 22.4 Å². The van der Waals surface area contributed by atoms with Crippen molar-refractivity contribution in [1.82, 2.24) is 9.97 Å². The molecule has 0 radical (unpaired) electrons. The maximum Gasteiger partial charge on any atom is 0.433 e. The fraction of sp³-hybridized carbons (Fsp3) is 0.353. The Morgan fingerprint density at radius 2 is 1.85 bits per heavy atom. The zero-order valence-electron chi connectivity index (χ0n) is 14.4. The number of aromatic nitrogens is 2. The van der Waals surface area contributed by atoms with Gasteiger partial charge in [0.15, 0.2) is 11.6 Å². The molecule has 0 aromatic carbocycles. The maximum atomic E-state index is 14.2. The summed E-state index contributed by atoms with van der Waals surface area (Å²) in [5.41, 5.74) is 4.86. The van der Waals surface area contributed by atoms with E-state index in [1.165, 1.54) is 24.1 Å². The number of carbonyl (C=O) groups excluding carboxylic acids is 1. The number of anilines is 1. The van der Waals surface area contributed by atoms with Crippen LogP contribution in [0.5, 0.6) is 0 Å². The minimum atomic E-state index is -4.55. The van der Waals surface area contributed by atoms with Crippen LogP contribution >= 0.6 is 0 Å². The van der Waals surface area contributed by atoms with Crippen LogP contribution < -0.4 is 10.6 Å². The van der Waals surface area contributed by atoms with E-state index in [-0.39, 0.29) is 23.0 Å². The van der Waals surface area contributed by atoms with Crippen LogP contribution in [0.15, 0.2) is 30.5 Å². The first kappa shape index (κ1) is 19.6. The summed E-state index contributed by atoms with van der Waals surface area (Å²) in [7, 11) is 1.48. The lowest BCUT2D eigenvalue weighted by molar-refractivity contribution is -0.141. The zero-order valence-corrected chi connectivity index (χ0v) is 14.4. The van der Waals surface area contributed by atoms with E-state index in [2.05, 4.69) is 9.97 Å². The summed E-state index contributed by atoms with van der Waals surface area (Å²) >= 11 is 0. The Balaban J connectivity index is 2.42. The van der Waals surface area contributed by atoms with Gasteiger partial charge in [-0.15, -0.1) is 0 Å². The van der Waals surface area contributed by atoms with Gasteiger partial charge < -0.3 is 10.6 Å². The molecule has 9 heteroatoms. The van der Waals surface area contributed by atoms with Crippen LogP contribution in [0.1, 0.15) is 19.5 Å². The summed E-state index contributed by atoms with van der Waals surface area (Å²) < 4.78 is 52.0. The van der Waals surface area contributed by atoms with Gasteiger partial charge in [0, 0.05) is 18.8 Å². The summed E-state index contributed by atoms with van der Waals surface area (Å²) in [5.74, 6) is -1.64. The number of nitrogens with two attached hydrogens (primary N) is 1. The zero-order chi connectivity index (χ0) is 19.6. The van der Waals surface area contributed by atoms with E-state index in [1.807, 2.05) is 0 Å². The molecule has 1 amide bonds. The Labute approximate surface area is 147 Å². The van der Waals surface area contributed by atoms with Gasteiger partial charge in [0.25, 0.3) is 0 Å². The second kappa shape index (κ2) is 7.27. The molecule has 2 heterocycles. The first-order valence-electron chi connectivity index (χ1n) is 7.74. The highest BCUT2D eigenvalue weighted by atomic mass is 19.4. The average molecular weight is 370 g/mol. The van der Waals surface area contributed by atoms with Gasteiger partial charge in [-0.3, -0.25) is 9.78 Å². The summed E-state index contributed by atoms with van der Waals surface area (Å²) in [5, 5.41) is 0. The molecule has 0 fully saturated rings. The Kier molecular flexibility index (Phi) is 5.48. The van der Waals surface area contributed by atoms with E-state index < -0.39 is 29.6 Å². The molecule has 2 aromatic rings. The molecule has 0 aliphatic carbocycles. The highest BCUT2D eigenvalue weighted by Gasteiger charge is 2.32. The third-order valence-electron chi connectivity index (χ3n) is 3.85. The van der Waals surface area contributed by atoms with Crippen molar-refractivity contribution in [3.63, 3.8) is 0 Å². The number of alkyl halides is 3. The number of hydrogen-bond acceptors (Lipinski definition) is 4. The SMILES string of the molecule is CC(C)[C@H](C(N)=O)N(C)c1nc(-c2ccc(C(F)(F)F)nc2)ccc1F. The van der Waals surface area contributed by atoms with Crippen molar-refractivity contribution in [3.05, 3.63) is 42.0 Å². The predicted molar refractivity (Wildman–Crippen MR) is 88.7 cm³/mol. The molecule has 2 N–H and O–H groups in total. The van der Waals surface area contributed by atoms with Gasteiger partial charge in [0.1, 0.15) is 11.7 Å². The monoisotopic (exact) mass is 370 g/mol. The molecular weight excluding hydrogens is 352 g/mol. The molecule has 0 unspecified atom stereocenters. The van der Waals surface area contributed by atoms with Crippen LogP contribution in [0.2, 0.25) is 0 Å². The molecular formula is C17H18F4N4O. The molecule has 26 heavy (non-hydrogen) atoms. The number of pyridine rings is 2. The van der Waals surface area contributed by atoms with Gasteiger partial charge in [-0.1, -0.05) is 13.8 Å². The second-order valence-electron chi connectivity index (χ2n) is 6.13. The highest BCUT2D eigenvalue weighted by Crippen LogP contribution is 2.30. The van der Waals surface area contributed by atoms with Crippen LogP contribution in [0, 0.1) is 11.7 Å². The quantitative estimate of drug-likeness (QED) is 0.820. The molecule has 140 valence electrons. The van der Waals surface area contributed by atoms with Crippen molar-refractivity contribution in [2.45, 2.75) is 26.1 Å². The standard InChI is InChI=1S/C17H18F4N4O/c1-9(2)14(15(22)26)25(3)16-11(18)5-6-12(24-16)10-4-7-13(23-8-10)17(19,20)21/h4-9,14H,1-3H3,(H2,22,26)/t14-/m1/s1. The molecule has 2 rings (SSSR count). The average Bonchev–Trinajstić information content (AvgIpc) is 2.53. The van der Waals surface area contributed by atoms with Crippen molar-refractivity contribution in [2.24, 2.45) is 11.7 Å². The number of carbonyl (C=O) groups is 1. The molecule has 0 spiro atoms. The van der Waals surface area contributed by atoms with E-state index in [0.29, 0.717) is 0 Å². The number of amides is 1. The first-order chi connectivity index (χ1) is 12.0. The topological polar surface area (TPSA) is 72.1 Å². The molecule has 0 saturated carbocycles. The fourth-order valence-corrected chi connectivity index (χ4v) is 2.65. The molecule has 0 bridgehead atoms. The van der Waals surface area contributed by atoms with Crippen LogP contribution in [0.4, 0.5) is 23.4 Å². The van der Waals surface area contributed by atoms with Crippen molar-refractivity contribution in [2.75, 3.05) is 11.9 Å². The Hall–Kier alpha value is -2.71. The Bertz CT molecular complexity index is 790. The second-order valence-corrected chi connectivity index (χ2v) is 6.13. The van der Waals surface area contributed by atoms with Crippen LogP contribution in [-0.4, -0.2) is 29.0 Å². The van der Waals surface area contributed by atoms with Gasteiger partial charge in [-0.05, 0) is 30.2 Å². The Morgan fingerprint density at radius 1 is 1.19 bits per heavy atom. The van der Waals surface area contributed by atoms with Crippen molar-refractivity contribution < 1.29 is 22.4 Å². The van der Waals surface area contributed by atoms with Crippen LogP contribution in [0.3, 0.4) is 0 Å². The van der Waals surface area contributed by atoms with Gasteiger partial charge in [0.05, 0.1) is 5.69 Å². The largest absolute Gasteiger partial charge is 0.433 e. The summed E-state index contributed by atoms with van der Waals surface area (Å²) in [6.07, 6.45) is -3.53. The number of nitrogens with zero attached hydrogens (tertiary/aromatic N) is 3. The maximum absolute atomic E-state index is 14.2. The number of primary amides is 1. The van der Waals surface area contributed by atoms with Gasteiger partial charge in [-0.25, -0.2) is 9.37 Å². The number of halogens is 4. The number of hydrogen-bond donors (Lipinski definition) is 1. The van der Waals surface area contributed by atoms with Gasteiger partial charge in [-0.2, -0.15) is 13.2 Å². The minimum Gasteiger partial charge on any atom is -0.368 e. The van der Waals surface area contributed by atoms with E-state index >= 15 is 0 Å². The van der Waals surface area contributed by atoms with E-state index in [1.54, 1.807) is 13.8 Å². The first-order valence-corrected chi connectivity index (χ1v) is 7.74. The summed E-state index contributed by atoms with van der Waals surface area (Å²) in [4.78, 5) is 20.5. The smallest absolute Gasteiger partial charge is 0.368 e. The molecule has 0 aliphatic heterocycles. The summed E-state index contributed by atoms with van der Waals surface area (Å²) in [6.45, 7) is 3.51. The lowest BCUT2D eigenvalue weighted by atomic mass is 10.0. The molecule has 1 atom stereocenters. The lowest BCUT2D eigenvalue weighted by Gasteiger charge is -2.30. The number of likely N-dealkylation sites (N-methyl/N-ethyl adjacent to an activating group) is 1. The van der Waals surface area contributed by atoms with Crippen molar-refractivity contribution in [3.8, 4) is 11.3 Å². The predicted octanol–water partition coefficient (Wildman–Crippen LogP) is 3.25.